The SMILES string of the molecule is NC(Cc1ccc(Br)cc1)c1cccc(Cl)c1Cl. The fourth-order valence-electron chi connectivity index (χ4n) is 1.79. The Balaban J connectivity index is 2.19. The Morgan fingerprint density at radius 3 is 2.39 bits per heavy atom. The summed E-state index contributed by atoms with van der Waals surface area (Å²) in [6.45, 7) is 0. The summed E-state index contributed by atoms with van der Waals surface area (Å²) in [6.07, 6.45) is 0.730. The van der Waals surface area contributed by atoms with Crippen LogP contribution in [0.1, 0.15) is 17.2 Å². The zero-order valence-electron chi connectivity index (χ0n) is 9.54. The molecule has 2 aromatic carbocycles. The van der Waals surface area contributed by atoms with E-state index in [-0.39, 0.29) is 6.04 Å². The highest BCUT2D eigenvalue weighted by atomic mass is 79.9. The minimum Gasteiger partial charge on any atom is -0.324 e. The fraction of sp³-hybridized carbons (Fsp3) is 0.143. The normalized spacial score (nSPS) is 12.4. The summed E-state index contributed by atoms with van der Waals surface area (Å²) >= 11 is 15.6. The summed E-state index contributed by atoms with van der Waals surface area (Å²) in [6, 6.07) is 13.5. The molecule has 94 valence electrons. The number of halogens is 3. The van der Waals surface area contributed by atoms with Crippen molar-refractivity contribution in [1.29, 1.82) is 0 Å². The first-order valence-corrected chi connectivity index (χ1v) is 7.07. The van der Waals surface area contributed by atoms with Gasteiger partial charge in [-0.1, -0.05) is 63.4 Å². The van der Waals surface area contributed by atoms with E-state index in [0.29, 0.717) is 10.0 Å². The van der Waals surface area contributed by atoms with Crippen LogP contribution in [0, 0.1) is 0 Å². The fourth-order valence-corrected chi connectivity index (χ4v) is 2.50. The molecule has 2 N–H and O–H groups in total. The average Bonchev–Trinajstić information content (AvgIpc) is 2.35. The van der Waals surface area contributed by atoms with Gasteiger partial charge in [0.05, 0.1) is 10.0 Å². The van der Waals surface area contributed by atoms with Crippen molar-refractivity contribution in [3.63, 3.8) is 0 Å². The summed E-state index contributed by atoms with van der Waals surface area (Å²) < 4.78 is 1.06. The summed E-state index contributed by atoms with van der Waals surface area (Å²) in [5, 5.41) is 1.09. The van der Waals surface area contributed by atoms with Crippen molar-refractivity contribution in [2.75, 3.05) is 0 Å². The zero-order chi connectivity index (χ0) is 13.1. The van der Waals surface area contributed by atoms with Gasteiger partial charge in [-0.05, 0) is 35.7 Å². The first kappa shape index (κ1) is 13.9. The predicted molar refractivity (Wildman–Crippen MR) is 81.2 cm³/mol. The molecule has 0 fully saturated rings. The molecule has 0 aromatic heterocycles. The molecular formula is C14H12BrCl2N. The Morgan fingerprint density at radius 1 is 1.06 bits per heavy atom. The molecule has 1 nitrogen and oxygen atoms in total. The lowest BCUT2D eigenvalue weighted by Gasteiger charge is -2.14. The van der Waals surface area contributed by atoms with E-state index in [1.807, 2.05) is 36.4 Å². The van der Waals surface area contributed by atoms with E-state index in [1.165, 1.54) is 5.56 Å². The van der Waals surface area contributed by atoms with Crippen molar-refractivity contribution >= 4 is 39.1 Å². The van der Waals surface area contributed by atoms with Gasteiger partial charge in [0.25, 0.3) is 0 Å². The summed E-state index contributed by atoms with van der Waals surface area (Å²) in [5.74, 6) is 0. The van der Waals surface area contributed by atoms with Crippen LogP contribution in [0.5, 0.6) is 0 Å². The van der Waals surface area contributed by atoms with E-state index in [2.05, 4.69) is 15.9 Å². The monoisotopic (exact) mass is 343 g/mol. The molecule has 1 unspecified atom stereocenters. The van der Waals surface area contributed by atoms with E-state index in [0.717, 1.165) is 16.5 Å². The molecule has 2 aromatic rings. The lowest BCUT2D eigenvalue weighted by atomic mass is 10.00. The second kappa shape index (κ2) is 6.07. The second-order valence-corrected chi connectivity index (χ2v) is 5.78. The van der Waals surface area contributed by atoms with E-state index in [1.54, 1.807) is 6.07 Å². The van der Waals surface area contributed by atoms with Gasteiger partial charge in [0.1, 0.15) is 0 Å². The van der Waals surface area contributed by atoms with Gasteiger partial charge >= 0.3 is 0 Å². The van der Waals surface area contributed by atoms with Crippen LogP contribution < -0.4 is 5.73 Å². The summed E-state index contributed by atoms with van der Waals surface area (Å²) in [5.41, 5.74) is 8.23. The van der Waals surface area contributed by atoms with Crippen molar-refractivity contribution in [1.82, 2.24) is 0 Å². The first-order chi connectivity index (χ1) is 8.58. The molecule has 0 aliphatic heterocycles. The molecular weight excluding hydrogens is 333 g/mol. The highest BCUT2D eigenvalue weighted by molar-refractivity contribution is 9.10. The Labute approximate surface area is 125 Å². The lowest BCUT2D eigenvalue weighted by molar-refractivity contribution is 0.722. The molecule has 0 saturated carbocycles. The molecule has 1 atom stereocenters. The third kappa shape index (κ3) is 3.27. The van der Waals surface area contributed by atoms with Crippen LogP contribution in [0.2, 0.25) is 10.0 Å². The van der Waals surface area contributed by atoms with Gasteiger partial charge in [0.15, 0.2) is 0 Å². The van der Waals surface area contributed by atoms with Gasteiger partial charge in [-0.15, -0.1) is 0 Å². The molecule has 4 heteroatoms. The van der Waals surface area contributed by atoms with E-state index in [9.17, 15) is 0 Å². The van der Waals surface area contributed by atoms with Crippen LogP contribution in [0.25, 0.3) is 0 Å². The Morgan fingerprint density at radius 2 is 1.72 bits per heavy atom. The van der Waals surface area contributed by atoms with Crippen molar-refractivity contribution in [3.05, 3.63) is 68.1 Å². The van der Waals surface area contributed by atoms with Gasteiger partial charge in [0, 0.05) is 10.5 Å². The molecule has 0 saturated heterocycles. The van der Waals surface area contributed by atoms with E-state index in [4.69, 9.17) is 28.9 Å². The van der Waals surface area contributed by atoms with Gasteiger partial charge < -0.3 is 5.73 Å². The minimum absolute atomic E-state index is 0.155. The van der Waals surface area contributed by atoms with Crippen LogP contribution in [-0.4, -0.2) is 0 Å². The maximum absolute atomic E-state index is 6.18. The van der Waals surface area contributed by atoms with Crippen LogP contribution in [-0.2, 0) is 6.42 Å². The molecule has 0 spiro atoms. The Bertz CT molecular complexity index is 540. The molecule has 18 heavy (non-hydrogen) atoms. The molecule has 0 amide bonds. The van der Waals surface area contributed by atoms with Crippen LogP contribution in [0.15, 0.2) is 46.9 Å². The molecule has 0 radical (unpaired) electrons. The molecule has 0 aliphatic carbocycles. The van der Waals surface area contributed by atoms with Gasteiger partial charge in [-0.2, -0.15) is 0 Å². The summed E-state index contributed by atoms with van der Waals surface area (Å²) in [4.78, 5) is 0. The topological polar surface area (TPSA) is 26.0 Å². The van der Waals surface area contributed by atoms with Gasteiger partial charge in [-0.25, -0.2) is 0 Å². The third-order valence-corrected chi connectivity index (χ3v) is 4.11. The minimum atomic E-state index is -0.155. The predicted octanol–water partition coefficient (Wildman–Crippen LogP) is 5.00. The molecule has 0 aliphatic rings. The highest BCUT2D eigenvalue weighted by Crippen LogP contribution is 2.30. The van der Waals surface area contributed by atoms with Crippen LogP contribution in [0.3, 0.4) is 0 Å². The maximum Gasteiger partial charge on any atom is 0.0640 e. The molecule has 0 bridgehead atoms. The number of nitrogens with two attached hydrogens (primary N) is 1. The maximum atomic E-state index is 6.18. The van der Waals surface area contributed by atoms with Gasteiger partial charge in [-0.3, -0.25) is 0 Å². The Kier molecular flexibility index (Phi) is 4.68. The lowest BCUT2D eigenvalue weighted by Crippen LogP contribution is -2.13. The van der Waals surface area contributed by atoms with Crippen molar-refractivity contribution < 1.29 is 0 Å². The second-order valence-electron chi connectivity index (χ2n) is 4.08. The standard InChI is InChI=1S/C14H12BrCl2N/c15-10-6-4-9(5-7-10)8-13(18)11-2-1-3-12(16)14(11)17/h1-7,13H,8,18H2. The number of hydrogen-bond donors (Lipinski definition) is 1. The Hall–Kier alpha value is -0.540. The summed E-state index contributed by atoms with van der Waals surface area (Å²) in [7, 11) is 0. The number of rotatable bonds is 3. The first-order valence-electron chi connectivity index (χ1n) is 5.52. The smallest absolute Gasteiger partial charge is 0.0640 e. The largest absolute Gasteiger partial charge is 0.324 e. The van der Waals surface area contributed by atoms with Crippen molar-refractivity contribution in [2.24, 2.45) is 5.73 Å². The van der Waals surface area contributed by atoms with E-state index < -0.39 is 0 Å². The average molecular weight is 345 g/mol. The van der Waals surface area contributed by atoms with Crippen LogP contribution >= 0.6 is 39.1 Å². The molecule has 0 heterocycles. The number of hydrogen-bond acceptors (Lipinski definition) is 1. The highest BCUT2D eigenvalue weighted by Gasteiger charge is 2.12. The quantitative estimate of drug-likeness (QED) is 0.833. The van der Waals surface area contributed by atoms with Crippen LogP contribution in [0.4, 0.5) is 0 Å². The zero-order valence-corrected chi connectivity index (χ0v) is 12.6. The number of benzene rings is 2. The molecule has 2 rings (SSSR count). The third-order valence-electron chi connectivity index (χ3n) is 2.75. The van der Waals surface area contributed by atoms with Gasteiger partial charge in [0.2, 0.25) is 0 Å². The van der Waals surface area contributed by atoms with Crippen molar-refractivity contribution in [3.8, 4) is 0 Å². The van der Waals surface area contributed by atoms with Crippen molar-refractivity contribution in [2.45, 2.75) is 12.5 Å². The van der Waals surface area contributed by atoms with E-state index >= 15 is 0 Å².